The summed E-state index contributed by atoms with van der Waals surface area (Å²) in [6.45, 7) is 8.49. The molecule has 0 saturated heterocycles. The third-order valence-corrected chi connectivity index (χ3v) is 4.14. The monoisotopic (exact) mass is 317 g/mol. The molecule has 1 unspecified atom stereocenters. The minimum absolute atomic E-state index is 0.306. The van der Waals surface area contributed by atoms with Crippen LogP contribution in [0.1, 0.15) is 31.7 Å². The van der Waals surface area contributed by atoms with Gasteiger partial charge in [-0.05, 0) is 49.7 Å². The van der Waals surface area contributed by atoms with Gasteiger partial charge in [0.05, 0.1) is 16.7 Å². The molecular formula is C12H20BrN3O2. The van der Waals surface area contributed by atoms with E-state index in [4.69, 9.17) is 0 Å². The first-order chi connectivity index (χ1) is 8.31. The topological polar surface area (TPSA) is 67.2 Å². The van der Waals surface area contributed by atoms with Crippen LogP contribution in [0.2, 0.25) is 0 Å². The second kappa shape index (κ2) is 5.84. The van der Waals surface area contributed by atoms with Gasteiger partial charge in [0.15, 0.2) is 0 Å². The van der Waals surface area contributed by atoms with Crippen LogP contribution in [0.4, 0.5) is 0 Å². The molecule has 1 rings (SSSR count). The second-order valence-electron chi connectivity index (χ2n) is 4.71. The number of nitrogens with one attached hydrogen (secondary N) is 1. The zero-order chi connectivity index (χ0) is 13.9. The predicted molar refractivity (Wildman–Crippen MR) is 73.7 cm³/mol. The zero-order valence-corrected chi connectivity index (χ0v) is 12.8. The van der Waals surface area contributed by atoms with Gasteiger partial charge < -0.3 is 10.4 Å². The highest BCUT2D eigenvalue weighted by molar-refractivity contribution is 9.10. The molecule has 0 aliphatic heterocycles. The Balaban J connectivity index is 2.96. The van der Waals surface area contributed by atoms with Gasteiger partial charge >= 0.3 is 5.97 Å². The van der Waals surface area contributed by atoms with Crippen molar-refractivity contribution in [2.45, 2.75) is 46.2 Å². The minimum Gasteiger partial charge on any atom is -0.480 e. The van der Waals surface area contributed by atoms with E-state index in [9.17, 15) is 9.90 Å². The van der Waals surface area contributed by atoms with Crippen molar-refractivity contribution in [3.05, 3.63) is 15.9 Å². The summed E-state index contributed by atoms with van der Waals surface area (Å²) >= 11 is 3.45. The Kier molecular flexibility index (Phi) is 4.92. The van der Waals surface area contributed by atoms with Gasteiger partial charge in [-0.25, -0.2) is 0 Å². The number of aryl methyl sites for hydroxylation is 1. The molecule has 0 radical (unpaired) electrons. The van der Waals surface area contributed by atoms with Crippen molar-refractivity contribution in [1.29, 1.82) is 0 Å². The molecule has 0 spiro atoms. The summed E-state index contributed by atoms with van der Waals surface area (Å²) in [4.78, 5) is 11.4. The molecule has 0 bridgehead atoms. The van der Waals surface area contributed by atoms with Crippen LogP contribution in [0.3, 0.4) is 0 Å². The Bertz CT molecular complexity index is 445. The molecule has 1 atom stereocenters. The maximum atomic E-state index is 11.4. The highest BCUT2D eigenvalue weighted by Gasteiger charge is 2.34. The quantitative estimate of drug-likeness (QED) is 0.843. The molecule has 0 saturated carbocycles. The van der Waals surface area contributed by atoms with E-state index in [0.717, 1.165) is 22.3 Å². The summed E-state index contributed by atoms with van der Waals surface area (Å²) in [7, 11) is 0. The van der Waals surface area contributed by atoms with Gasteiger partial charge in [-0.3, -0.25) is 9.48 Å². The number of carboxylic acid groups (broad SMARTS) is 1. The Morgan fingerprint density at radius 2 is 2.17 bits per heavy atom. The first-order valence-corrected chi connectivity index (χ1v) is 6.79. The van der Waals surface area contributed by atoms with Crippen LogP contribution in [0.25, 0.3) is 0 Å². The molecule has 2 N–H and O–H groups in total. The van der Waals surface area contributed by atoms with E-state index in [0.29, 0.717) is 13.1 Å². The number of aromatic nitrogens is 2. The first-order valence-electron chi connectivity index (χ1n) is 5.99. The highest BCUT2D eigenvalue weighted by Crippen LogP contribution is 2.21. The molecule has 0 aliphatic carbocycles. The van der Waals surface area contributed by atoms with E-state index in [2.05, 4.69) is 26.3 Å². The van der Waals surface area contributed by atoms with Crippen LogP contribution in [-0.2, 0) is 11.3 Å². The summed E-state index contributed by atoms with van der Waals surface area (Å²) in [6.07, 6.45) is 0.893. The molecule has 5 nitrogen and oxygen atoms in total. The summed E-state index contributed by atoms with van der Waals surface area (Å²) < 4.78 is 2.67. The molecule has 1 aromatic heterocycles. The van der Waals surface area contributed by atoms with Crippen molar-refractivity contribution in [2.24, 2.45) is 0 Å². The van der Waals surface area contributed by atoms with Gasteiger partial charge in [-0.15, -0.1) is 0 Å². The van der Waals surface area contributed by atoms with Crippen LogP contribution in [0, 0.1) is 13.8 Å². The number of nitrogens with zero attached hydrogens (tertiary/aromatic N) is 2. The largest absolute Gasteiger partial charge is 0.480 e. The van der Waals surface area contributed by atoms with E-state index < -0.39 is 11.5 Å². The predicted octanol–water partition coefficient (Wildman–Crippen LogP) is 2.11. The maximum absolute atomic E-state index is 11.4. The molecule has 1 aromatic rings. The number of carboxylic acids is 1. The number of carbonyl (C=O) groups is 1. The van der Waals surface area contributed by atoms with Gasteiger partial charge in [0.25, 0.3) is 0 Å². The van der Waals surface area contributed by atoms with Gasteiger partial charge in [-0.1, -0.05) is 6.92 Å². The number of rotatable bonds is 6. The third-order valence-electron chi connectivity index (χ3n) is 3.00. The maximum Gasteiger partial charge on any atom is 0.325 e. The lowest BCUT2D eigenvalue weighted by molar-refractivity contribution is -0.144. The average molecular weight is 318 g/mol. The SMILES string of the molecule is CCCNC(C)(Cn1nc(C)c(Br)c1C)C(=O)O. The highest BCUT2D eigenvalue weighted by atomic mass is 79.9. The summed E-state index contributed by atoms with van der Waals surface area (Å²) in [5.41, 5.74) is 0.813. The molecule has 102 valence electrons. The first kappa shape index (κ1) is 15.2. The van der Waals surface area contributed by atoms with E-state index >= 15 is 0 Å². The summed E-state index contributed by atoms with van der Waals surface area (Å²) in [6, 6.07) is 0. The zero-order valence-electron chi connectivity index (χ0n) is 11.2. The fourth-order valence-electron chi connectivity index (χ4n) is 1.73. The molecule has 6 heteroatoms. The van der Waals surface area contributed by atoms with Crippen molar-refractivity contribution in [1.82, 2.24) is 15.1 Å². The van der Waals surface area contributed by atoms with Crippen molar-refractivity contribution in [2.75, 3.05) is 6.54 Å². The van der Waals surface area contributed by atoms with Gasteiger partial charge in [0, 0.05) is 5.69 Å². The van der Waals surface area contributed by atoms with Crippen molar-refractivity contribution < 1.29 is 9.90 Å². The second-order valence-corrected chi connectivity index (χ2v) is 5.50. The molecule has 0 amide bonds. The lowest BCUT2D eigenvalue weighted by Crippen LogP contribution is -2.53. The molecule has 0 aliphatic rings. The fourth-order valence-corrected chi connectivity index (χ4v) is 2.01. The van der Waals surface area contributed by atoms with Gasteiger partial charge in [0.2, 0.25) is 0 Å². The molecule has 0 aromatic carbocycles. The lowest BCUT2D eigenvalue weighted by Gasteiger charge is -2.26. The lowest BCUT2D eigenvalue weighted by atomic mass is 10.0. The standard InChI is InChI=1S/C12H20BrN3O2/c1-5-6-14-12(4,11(17)18)7-16-9(3)10(13)8(2)15-16/h14H,5-7H2,1-4H3,(H,17,18). The Morgan fingerprint density at radius 3 is 2.56 bits per heavy atom. The van der Waals surface area contributed by atoms with Crippen LogP contribution in [0.15, 0.2) is 4.47 Å². The molecule has 0 fully saturated rings. The number of hydrogen-bond acceptors (Lipinski definition) is 3. The number of aliphatic carboxylic acids is 1. The van der Waals surface area contributed by atoms with Crippen molar-refractivity contribution in [3.8, 4) is 0 Å². The van der Waals surface area contributed by atoms with E-state index in [-0.39, 0.29) is 0 Å². The Morgan fingerprint density at radius 1 is 1.56 bits per heavy atom. The fraction of sp³-hybridized carbons (Fsp3) is 0.667. The molecule has 18 heavy (non-hydrogen) atoms. The van der Waals surface area contributed by atoms with Crippen LogP contribution < -0.4 is 5.32 Å². The Hall–Kier alpha value is -0.880. The van der Waals surface area contributed by atoms with Gasteiger partial charge in [0.1, 0.15) is 5.54 Å². The number of hydrogen-bond donors (Lipinski definition) is 2. The average Bonchev–Trinajstić information content (AvgIpc) is 2.54. The van der Waals surface area contributed by atoms with Crippen molar-refractivity contribution >= 4 is 21.9 Å². The molecular weight excluding hydrogens is 298 g/mol. The van der Waals surface area contributed by atoms with Gasteiger partial charge in [-0.2, -0.15) is 5.10 Å². The third kappa shape index (κ3) is 3.11. The molecule has 1 heterocycles. The van der Waals surface area contributed by atoms with Crippen LogP contribution in [0.5, 0.6) is 0 Å². The van der Waals surface area contributed by atoms with E-state index in [1.807, 2.05) is 20.8 Å². The van der Waals surface area contributed by atoms with E-state index in [1.54, 1.807) is 11.6 Å². The Labute approximate surface area is 116 Å². The smallest absolute Gasteiger partial charge is 0.325 e. The van der Waals surface area contributed by atoms with Crippen molar-refractivity contribution in [3.63, 3.8) is 0 Å². The van der Waals surface area contributed by atoms with Crippen LogP contribution in [-0.4, -0.2) is 32.9 Å². The summed E-state index contributed by atoms with van der Waals surface area (Å²) in [5, 5.41) is 16.8. The number of halogens is 1. The van der Waals surface area contributed by atoms with Crippen LogP contribution >= 0.6 is 15.9 Å². The normalized spacial score (nSPS) is 14.5. The summed E-state index contributed by atoms with van der Waals surface area (Å²) in [5.74, 6) is -0.861. The minimum atomic E-state index is -1.00. The van der Waals surface area contributed by atoms with E-state index in [1.165, 1.54) is 0 Å².